The summed E-state index contributed by atoms with van der Waals surface area (Å²) in [7, 11) is 1.75. The van der Waals surface area contributed by atoms with Crippen molar-refractivity contribution < 1.29 is 9.59 Å². The van der Waals surface area contributed by atoms with Crippen LogP contribution in [0.5, 0.6) is 0 Å². The van der Waals surface area contributed by atoms with E-state index in [0.29, 0.717) is 13.1 Å². The quantitative estimate of drug-likeness (QED) is 0.718. The van der Waals surface area contributed by atoms with Gasteiger partial charge in [0, 0.05) is 26.7 Å². The lowest BCUT2D eigenvalue weighted by atomic mass is 10.0. The van der Waals surface area contributed by atoms with Gasteiger partial charge in [0.1, 0.15) is 0 Å². The van der Waals surface area contributed by atoms with Crippen LogP contribution < -0.4 is 5.32 Å². The Morgan fingerprint density at radius 1 is 1.56 bits per heavy atom. The van der Waals surface area contributed by atoms with E-state index in [9.17, 15) is 9.59 Å². The average molecular weight is 227 g/mol. The van der Waals surface area contributed by atoms with Crippen LogP contribution in [-0.4, -0.2) is 60.4 Å². The summed E-state index contributed by atoms with van der Waals surface area (Å²) in [6, 6.07) is 0. The van der Waals surface area contributed by atoms with E-state index >= 15 is 0 Å². The van der Waals surface area contributed by atoms with Crippen molar-refractivity contribution in [2.75, 3.05) is 33.2 Å². The van der Waals surface area contributed by atoms with Crippen LogP contribution in [0.2, 0.25) is 0 Å². The Morgan fingerprint density at radius 2 is 2.19 bits per heavy atom. The molecule has 0 saturated carbocycles. The third-order valence-corrected chi connectivity index (χ3v) is 3.00. The molecule has 1 fully saturated rings. The van der Waals surface area contributed by atoms with Crippen LogP contribution in [0, 0.1) is 0 Å². The molecular weight excluding hydrogens is 206 g/mol. The van der Waals surface area contributed by atoms with Crippen LogP contribution >= 0.6 is 0 Å². The van der Waals surface area contributed by atoms with Gasteiger partial charge in [-0.15, -0.1) is 0 Å². The maximum atomic E-state index is 12.0. The van der Waals surface area contributed by atoms with E-state index in [4.69, 9.17) is 0 Å². The molecule has 1 aliphatic heterocycles. The Labute approximate surface area is 96.8 Å². The largest absolute Gasteiger partial charge is 0.345 e. The summed E-state index contributed by atoms with van der Waals surface area (Å²) >= 11 is 0. The molecule has 0 aliphatic carbocycles. The fourth-order valence-electron chi connectivity index (χ4n) is 1.69. The van der Waals surface area contributed by atoms with Crippen LogP contribution in [0.15, 0.2) is 0 Å². The maximum Gasteiger partial charge on any atom is 0.242 e. The van der Waals surface area contributed by atoms with E-state index in [1.807, 2.05) is 20.8 Å². The van der Waals surface area contributed by atoms with E-state index < -0.39 is 5.54 Å². The van der Waals surface area contributed by atoms with Crippen LogP contribution in [-0.2, 0) is 9.59 Å². The maximum absolute atomic E-state index is 12.0. The Hall–Kier alpha value is -1.10. The first-order valence-electron chi connectivity index (χ1n) is 5.67. The molecular formula is C11H21N3O2. The van der Waals surface area contributed by atoms with Gasteiger partial charge in [-0.2, -0.15) is 0 Å². The molecule has 0 aromatic heterocycles. The number of piperazine rings is 1. The van der Waals surface area contributed by atoms with Gasteiger partial charge in [0.2, 0.25) is 11.8 Å². The van der Waals surface area contributed by atoms with Gasteiger partial charge in [-0.1, -0.05) is 0 Å². The van der Waals surface area contributed by atoms with Crippen LogP contribution in [0.4, 0.5) is 0 Å². The van der Waals surface area contributed by atoms with Crippen molar-refractivity contribution in [2.45, 2.75) is 26.3 Å². The fraction of sp³-hybridized carbons (Fsp3) is 0.818. The molecule has 1 saturated heterocycles. The average Bonchev–Trinajstić information content (AvgIpc) is 2.23. The highest BCUT2D eigenvalue weighted by molar-refractivity contribution is 5.90. The molecule has 92 valence electrons. The summed E-state index contributed by atoms with van der Waals surface area (Å²) in [6.07, 6.45) is 0. The van der Waals surface area contributed by atoms with Gasteiger partial charge in [0.25, 0.3) is 0 Å². The molecule has 0 spiro atoms. The molecule has 2 amide bonds. The number of nitrogens with zero attached hydrogens (tertiary/aromatic N) is 2. The molecule has 0 radical (unpaired) electrons. The second-order valence-corrected chi connectivity index (χ2v) is 4.69. The molecule has 1 N–H and O–H groups in total. The Bertz CT molecular complexity index is 289. The molecule has 0 aromatic rings. The molecule has 0 unspecified atom stereocenters. The summed E-state index contributed by atoms with van der Waals surface area (Å²) in [5, 5.41) is 3.14. The number of carbonyl (C=O) groups excluding carboxylic acids is 2. The Morgan fingerprint density at radius 3 is 2.75 bits per heavy atom. The second kappa shape index (κ2) is 4.82. The minimum Gasteiger partial charge on any atom is -0.345 e. The molecule has 0 aromatic carbocycles. The highest BCUT2D eigenvalue weighted by Crippen LogP contribution is 2.12. The summed E-state index contributed by atoms with van der Waals surface area (Å²) in [6.45, 7) is 7.80. The van der Waals surface area contributed by atoms with Crippen LogP contribution in [0.3, 0.4) is 0 Å². The highest BCUT2D eigenvalue weighted by Gasteiger charge is 2.36. The Kier molecular flexibility index (Phi) is 3.91. The van der Waals surface area contributed by atoms with E-state index in [1.54, 1.807) is 16.8 Å². The summed E-state index contributed by atoms with van der Waals surface area (Å²) in [4.78, 5) is 27.0. The van der Waals surface area contributed by atoms with Gasteiger partial charge in [-0.25, -0.2) is 0 Å². The number of amides is 2. The van der Waals surface area contributed by atoms with Gasteiger partial charge < -0.3 is 15.1 Å². The SMILES string of the molecule is CCN(C)C(=O)CN1CCNC(C)(C)C1=O. The second-order valence-electron chi connectivity index (χ2n) is 4.69. The highest BCUT2D eigenvalue weighted by atomic mass is 16.2. The van der Waals surface area contributed by atoms with Gasteiger partial charge in [-0.05, 0) is 20.8 Å². The number of nitrogens with one attached hydrogen (secondary N) is 1. The van der Waals surface area contributed by atoms with E-state index in [1.165, 1.54) is 0 Å². The van der Waals surface area contributed by atoms with Crippen LogP contribution in [0.25, 0.3) is 0 Å². The Balaban J connectivity index is 2.61. The molecule has 1 heterocycles. The van der Waals surface area contributed by atoms with Gasteiger partial charge in [-0.3, -0.25) is 9.59 Å². The van der Waals surface area contributed by atoms with Crippen molar-refractivity contribution in [1.29, 1.82) is 0 Å². The zero-order chi connectivity index (χ0) is 12.3. The van der Waals surface area contributed by atoms with Crippen molar-refractivity contribution >= 4 is 11.8 Å². The summed E-state index contributed by atoms with van der Waals surface area (Å²) in [5.74, 6) is -0.00912. The number of rotatable bonds is 3. The molecule has 0 atom stereocenters. The first kappa shape index (κ1) is 13.0. The van der Waals surface area contributed by atoms with E-state index in [-0.39, 0.29) is 18.4 Å². The van der Waals surface area contributed by atoms with Crippen LogP contribution in [0.1, 0.15) is 20.8 Å². The third kappa shape index (κ3) is 2.72. The van der Waals surface area contributed by atoms with Crippen molar-refractivity contribution in [1.82, 2.24) is 15.1 Å². The lowest BCUT2D eigenvalue weighted by Crippen LogP contribution is -2.62. The van der Waals surface area contributed by atoms with Crippen molar-refractivity contribution in [3.8, 4) is 0 Å². The number of carbonyl (C=O) groups is 2. The minimum atomic E-state index is -0.552. The zero-order valence-electron chi connectivity index (χ0n) is 10.5. The number of hydrogen-bond donors (Lipinski definition) is 1. The first-order valence-corrected chi connectivity index (χ1v) is 5.67. The van der Waals surface area contributed by atoms with Gasteiger partial charge in [0.15, 0.2) is 0 Å². The molecule has 0 bridgehead atoms. The zero-order valence-corrected chi connectivity index (χ0v) is 10.5. The standard InChI is InChI=1S/C11H21N3O2/c1-5-13(4)9(15)8-14-7-6-12-11(2,3)10(14)16/h12H,5-8H2,1-4H3. The molecule has 5 nitrogen and oxygen atoms in total. The summed E-state index contributed by atoms with van der Waals surface area (Å²) in [5.41, 5.74) is -0.552. The number of likely N-dealkylation sites (N-methyl/N-ethyl adjacent to an activating group) is 1. The van der Waals surface area contributed by atoms with Crippen molar-refractivity contribution in [2.24, 2.45) is 0 Å². The molecule has 16 heavy (non-hydrogen) atoms. The van der Waals surface area contributed by atoms with Gasteiger partial charge >= 0.3 is 0 Å². The predicted octanol–water partition coefficient (Wildman–Crippen LogP) is -0.325. The lowest BCUT2D eigenvalue weighted by molar-refractivity contribution is -0.145. The normalized spacial score (nSPS) is 19.8. The predicted molar refractivity (Wildman–Crippen MR) is 62.0 cm³/mol. The molecule has 1 aliphatic rings. The minimum absolute atomic E-state index is 0.00315. The van der Waals surface area contributed by atoms with Crippen molar-refractivity contribution in [3.63, 3.8) is 0 Å². The number of hydrogen-bond acceptors (Lipinski definition) is 3. The topological polar surface area (TPSA) is 52.7 Å². The molecule has 5 heteroatoms. The summed E-state index contributed by atoms with van der Waals surface area (Å²) < 4.78 is 0. The third-order valence-electron chi connectivity index (χ3n) is 3.00. The van der Waals surface area contributed by atoms with E-state index in [2.05, 4.69) is 5.32 Å². The smallest absolute Gasteiger partial charge is 0.242 e. The molecule has 1 rings (SSSR count). The van der Waals surface area contributed by atoms with Gasteiger partial charge in [0.05, 0.1) is 12.1 Å². The fourth-order valence-corrected chi connectivity index (χ4v) is 1.69. The monoisotopic (exact) mass is 227 g/mol. The first-order chi connectivity index (χ1) is 7.38. The lowest BCUT2D eigenvalue weighted by Gasteiger charge is -2.38. The van der Waals surface area contributed by atoms with Crippen molar-refractivity contribution in [3.05, 3.63) is 0 Å². The van der Waals surface area contributed by atoms with E-state index in [0.717, 1.165) is 6.54 Å².